The van der Waals surface area contributed by atoms with Crippen molar-refractivity contribution >= 4 is 34.8 Å². The first-order valence-electron chi connectivity index (χ1n) is 18.2. The van der Waals surface area contributed by atoms with Gasteiger partial charge >= 0.3 is 11.9 Å². The van der Waals surface area contributed by atoms with E-state index in [-0.39, 0.29) is 18.3 Å². The summed E-state index contributed by atoms with van der Waals surface area (Å²) in [6.45, 7) is 9.24. The quantitative estimate of drug-likeness (QED) is 0.184. The number of allylic oxidation sites excluding steroid dienone is 10. The second-order valence-corrected chi connectivity index (χ2v) is 15.2. The second-order valence-electron chi connectivity index (χ2n) is 14.8. The van der Waals surface area contributed by atoms with Gasteiger partial charge in [0.15, 0.2) is 23.0 Å². The third-order valence-corrected chi connectivity index (χ3v) is 11.3. The van der Waals surface area contributed by atoms with Crippen LogP contribution in [0.3, 0.4) is 0 Å². The van der Waals surface area contributed by atoms with Gasteiger partial charge in [0.2, 0.25) is 0 Å². The molecule has 10 heteroatoms. The minimum atomic E-state index is -0.823. The van der Waals surface area contributed by atoms with E-state index >= 15 is 0 Å². The lowest BCUT2D eigenvalue weighted by atomic mass is 9.80. The summed E-state index contributed by atoms with van der Waals surface area (Å²) in [5.74, 6) is 0.919. The summed E-state index contributed by atoms with van der Waals surface area (Å²) in [5.41, 5.74) is 8.80. The van der Waals surface area contributed by atoms with Gasteiger partial charge in [-0.2, -0.15) is 0 Å². The van der Waals surface area contributed by atoms with Crippen LogP contribution < -0.4 is 23.8 Å². The van der Waals surface area contributed by atoms with Gasteiger partial charge in [-0.05, 0) is 102 Å². The Labute approximate surface area is 318 Å². The Hall–Kier alpha value is -4.63. The predicted molar refractivity (Wildman–Crippen MR) is 210 cm³/mol. The summed E-state index contributed by atoms with van der Waals surface area (Å²) in [5, 5.41) is 19.5. The number of hydrogen-bond donors (Lipinski definition) is 2. The van der Waals surface area contributed by atoms with Crippen LogP contribution in [-0.2, 0) is 20.4 Å². The first-order chi connectivity index (χ1) is 25.2. The number of methoxy groups -OCH3 is 4. The van der Waals surface area contributed by atoms with Crippen molar-refractivity contribution in [1.82, 2.24) is 0 Å². The molecule has 284 valence electrons. The van der Waals surface area contributed by atoms with Crippen LogP contribution in [0.1, 0.15) is 95.8 Å². The van der Waals surface area contributed by atoms with E-state index in [9.17, 15) is 19.8 Å². The molecular formula is C43H52ClNO8. The van der Waals surface area contributed by atoms with E-state index in [0.29, 0.717) is 48.8 Å². The molecule has 0 atom stereocenters. The lowest BCUT2D eigenvalue weighted by Gasteiger charge is -2.27. The van der Waals surface area contributed by atoms with Gasteiger partial charge in [-0.3, -0.25) is 9.59 Å². The van der Waals surface area contributed by atoms with Crippen molar-refractivity contribution in [2.45, 2.75) is 89.9 Å². The number of hydrogen-bond acceptors (Lipinski definition) is 7. The topological polar surface area (TPSA) is 115 Å². The van der Waals surface area contributed by atoms with Gasteiger partial charge in [-0.25, -0.2) is 0 Å². The van der Waals surface area contributed by atoms with E-state index in [2.05, 4.69) is 56.9 Å². The molecular weight excluding hydrogens is 694 g/mol. The summed E-state index contributed by atoms with van der Waals surface area (Å²) < 4.78 is 22.6. The molecule has 0 bridgehead atoms. The van der Waals surface area contributed by atoms with Crippen LogP contribution >= 0.6 is 11.6 Å². The zero-order valence-corrected chi connectivity index (χ0v) is 32.9. The predicted octanol–water partition coefficient (Wildman–Crippen LogP) is 9.73. The molecule has 2 aromatic rings. The molecule has 0 unspecified atom stereocenters. The van der Waals surface area contributed by atoms with Crippen LogP contribution in [0.15, 0.2) is 76.0 Å². The number of benzene rings is 2. The number of carbonyl (C=O) groups is 2. The minimum absolute atomic E-state index is 0.0683. The SMILES string of the molecule is COc1cc2c(cc1OC)C(C)(C)C(/C=C/C1=C(Cl)C(=C/C=C3\N(CCCC(=O)O)c4cc(OC)c(OC)cc4C3(C)C)/CCC1)=C2CCCC(=O)O. The molecule has 0 saturated carbocycles. The van der Waals surface area contributed by atoms with Crippen molar-refractivity contribution in [3.05, 3.63) is 92.7 Å². The highest BCUT2D eigenvalue weighted by Crippen LogP contribution is 2.53. The Balaban J connectivity index is 1.54. The van der Waals surface area contributed by atoms with E-state index in [1.807, 2.05) is 24.3 Å². The third kappa shape index (κ3) is 7.86. The average molecular weight is 746 g/mol. The van der Waals surface area contributed by atoms with E-state index in [1.54, 1.807) is 28.4 Å². The Morgan fingerprint density at radius 2 is 1.36 bits per heavy atom. The fourth-order valence-corrected chi connectivity index (χ4v) is 8.32. The average Bonchev–Trinajstić information content (AvgIpc) is 3.45. The molecule has 53 heavy (non-hydrogen) atoms. The number of fused-ring (bicyclic) bond motifs is 2. The summed E-state index contributed by atoms with van der Waals surface area (Å²) in [6.07, 6.45) is 12.9. The maximum atomic E-state index is 11.5. The fraction of sp³-hybridized carbons (Fsp3) is 0.442. The molecule has 0 radical (unpaired) electrons. The molecule has 0 amide bonds. The first kappa shape index (κ1) is 39.6. The van der Waals surface area contributed by atoms with Gasteiger partial charge in [0.25, 0.3) is 0 Å². The first-order valence-corrected chi connectivity index (χ1v) is 18.5. The van der Waals surface area contributed by atoms with Crippen molar-refractivity contribution in [3.63, 3.8) is 0 Å². The number of anilines is 1. The van der Waals surface area contributed by atoms with Gasteiger partial charge in [-0.1, -0.05) is 57.5 Å². The molecule has 2 aliphatic carbocycles. The molecule has 0 spiro atoms. The van der Waals surface area contributed by atoms with Crippen LogP contribution in [-0.4, -0.2) is 57.1 Å². The largest absolute Gasteiger partial charge is 0.493 e. The van der Waals surface area contributed by atoms with Gasteiger partial charge in [-0.15, -0.1) is 0 Å². The molecule has 1 aliphatic heterocycles. The van der Waals surface area contributed by atoms with E-state index in [1.165, 1.54) is 0 Å². The standard InChI is InChI=1S/C43H52ClNO8/c1-42(2)30(28(14-10-15-39(46)47)29-22-34(50-5)35(51-6)23-31(29)42)19-17-26-12-9-13-27(41(26)44)18-20-38-43(3,4)32-24-36(52-7)37(53-8)25-33(32)45(38)21-11-16-40(48)49/h17-20,22-25H,9-16,21H2,1-8H3,(H,46,47)(H,48,49)/b19-17+,27-18+,38-20-. The van der Waals surface area contributed by atoms with Gasteiger partial charge in [0, 0.05) is 52.7 Å². The third-order valence-electron chi connectivity index (χ3n) is 10.9. The number of carboxylic acids is 2. The molecule has 3 aliphatic rings. The summed E-state index contributed by atoms with van der Waals surface area (Å²) in [7, 11) is 6.49. The number of aliphatic carboxylic acids is 2. The highest BCUT2D eigenvalue weighted by Gasteiger charge is 2.41. The monoisotopic (exact) mass is 745 g/mol. The summed E-state index contributed by atoms with van der Waals surface area (Å²) >= 11 is 7.21. The van der Waals surface area contributed by atoms with Crippen molar-refractivity contribution in [1.29, 1.82) is 0 Å². The van der Waals surface area contributed by atoms with E-state index in [4.69, 9.17) is 30.5 Å². The van der Waals surface area contributed by atoms with Crippen molar-refractivity contribution in [2.24, 2.45) is 0 Å². The number of halogens is 1. The maximum absolute atomic E-state index is 11.5. The zero-order valence-electron chi connectivity index (χ0n) is 32.2. The van der Waals surface area contributed by atoms with Gasteiger partial charge < -0.3 is 34.1 Å². The Kier molecular flexibility index (Phi) is 12.1. The van der Waals surface area contributed by atoms with Crippen LogP contribution in [0, 0.1) is 0 Å². The highest BCUT2D eigenvalue weighted by molar-refractivity contribution is 6.32. The van der Waals surface area contributed by atoms with Crippen LogP contribution in [0.25, 0.3) is 5.57 Å². The smallest absolute Gasteiger partial charge is 0.303 e. The van der Waals surface area contributed by atoms with E-state index < -0.39 is 17.4 Å². The normalized spacial score (nSPS) is 18.9. The van der Waals surface area contributed by atoms with Crippen molar-refractivity contribution in [2.75, 3.05) is 39.9 Å². The van der Waals surface area contributed by atoms with Gasteiger partial charge in [0.05, 0.1) is 28.4 Å². The molecule has 0 aromatic heterocycles. The molecule has 0 fully saturated rings. The summed E-state index contributed by atoms with van der Waals surface area (Å²) in [4.78, 5) is 25.1. The Morgan fingerprint density at radius 3 is 1.98 bits per heavy atom. The second kappa shape index (κ2) is 16.2. The van der Waals surface area contributed by atoms with Crippen LogP contribution in [0.4, 0.5) is 5.69 Å². The lowest BCUT2D eigenvalue weighted by molar-refractivity contribution is -0.138. The highest BCUT2D eigenvalue weighted by atomic mass is 35.5. The van der Waals surface area contributed by atoms with E-state index in [0.717, 1.165) is 74.7 Å². The zero-order chi connectivity index (χ0) is 38.7. The molecule has 0 saturated heterocycles. The molecule has 5 rings (SSSR count). The lowest BCUT2D eigenvalue weighted by Crippen LogP contribution is -2.27. The minimum Gasteiger partial charge on any atom is -0.493 e. The number of nitrogens with zero attached hydrogens (tertiary/aromatic N) is 1. The number of carboxylic acid groups (broad SMARTS) is 2. The Morgan fingerprint density at radius 1 is 0.774 bits per heavy atom. The van der Waals surface area contributed by atoms with Crippen LogP contribution in [0.2, 0.25) is 0 Å². The summed E-state index contributed by atoms with van der Waals surface area (Å²) in [6, 6.07) is 8.03. The van der Waals surface area contributed by atoms with Gasteiger partial charge in [0.1, 0.15) is 0 Å². The van der Waals surface area contributed by atoms with Crippen LogP contribution in [0.5, 0.6) is 23.0 Å². The van der Waals surface area contributed by atoms with Crippen molar-refractivity contribution < 1.29 is 38.7 Å². The Bertz CT molecular complexity index is 1930. The fourth-order valence-electron chi connectivity index (χ4n) is 8.00. The molecule has 2 N–H and O–H groups in total. The molecule has 1 heterocycles. The van der Waals surface area contributed by atoms with Crippen molar-refractivity contribution in [3.8, 4) is 23.0 Å². The number of rotatable bonds is 15. The maximum Gasteiger partial charge on any atom is 0.303 e. The molecule has 9 nitrogen and oxygen atoms in total. The number of ether oxygens (including phenoxy) is 4. The molecule has 2 aromatic carbocycles.